The summed E-state index contributed by atoms with van der Waals surface area (Å²) in [5.41, 5.74) is 1.81. The highest BCUT2D eigenvalue weighted by atomic mass is 19.1. The van der Waals surface area contributed by atoms with E-state index in [1.54, 1.807) is 46.2 Å². The van der Waals surface area contributed by atoms with Crippen molar-refractivity contribution in [3.05, 3.63) is 89.0 Å². The van der Waals surface area contributed by atoms with Crippen LogP contribution in [0.25, 0.3) is 0 Å². The molecule has 1 atom stereocenters. The zero-order valence-electron chi connectivity index (χ0n) is 24.0. The molecule has 0 aromatic heterocycles. The number of aliphatic hydroxyl groups is 1. The van der Waals surface area contributed by atoms with Gasteiger partial charge >= 0.3 is 0 Å². The van der Waals surface area contributed by atoms with Gasteiger partial charge in [-0.25, -0.2) is 8.78 Å². The number of amides is 2. The first-order chi connectivity index (χ1) is 20.2. The number of ether oxygens (including phenoxy) is 3. The van der Waals surface area contributed by atoms with Gasteiger partial charge in [0.15, 0.2) is 11.5 Å². The number of halogens is 2. The summed E-state index contributed by atoms with van der Waals surface area (Å²) in [7, 11) is 4.47. The molecule has 0 saturated carbocycles. The summed E-state index contributed by atoms with van der Waals surface area (Å²) in [6.07, 6.45) is 0.132. The molecule has 1 unspecified atom stereocenters. The Bertz CT molecular complexity index is 1290. The van der Waals surface area contributed by atoms with Crippen molar-refractivity contribution < 1.29 is 37.7 Å². The van der Waals surface area contributed by atoms with E-state index < -0.39 is 12.0 Å². The van der Waals surface area contributed by atoms with Crippen molar-refractivity contribution >= 4 is 11.8 Å². The maximum absolute atomic E-state index is 13.5. The van der Waals surface area contributed by atoms with Gasteiger partial charge in [-0.3, -0.25) is 9.59 Å². The molecule has 10 heteroatoms. The van der Waals surface area contributed by atoms with Crippen LogP contribution in [-0.2, 0) is 4.79 Å². The number of hydrogen-bond donors (Lipinski definition) is 1. The predicted octanol–water partition coefficient (Wildman–Crippen LogP) is 4.64. The number of aliphatic hydroxyl groups excluding tert-OH is 1. The van der Waals surface area contributed by atoms with Gasteiger partial charge in [0.25, 0.3) is 5.91 Å². The topological polar surface area (TPSA) is 88.5 Å². The van der Waals surface area contributed by atoms with Crippen LogP contribution < -0.4 is 14.2 Å². The van der Waals surface area contributed by atoms with Crippen molar-refractivity contribution in [2.45, 2.75) is 31.3 Å². The zero-order chi connectivity index (χ0) is 30.2. The van der Waals surface area contributed by atoms with E-state index >= 15 is 0 Å². The molecule has 224 valence electrons. The fraction of sp³-hybridized carbons (Fsp3) is 0.375. The summed E-state index contributed by atoms with van der Waals surface area (Å²) in [4.78, 5) is 29.6. The molecule has 8 nitrogen and oxygen atoms in total. The molecule has 4 rings (SSSR count). The van der Waals surface area contributed by atoms with Crippen molar-refractivity contribution in [3.8, 4) is 17.2 Å². The molecule has 2 amide bonds. The van der Waals surface area contributed by atoms with Gasteiger partial charge in [0, 0.05) is 44.1 Å². The zero-order valence-corrected chi connectivity index (χ0v) is 24.0. The summed E-state index contributed by atoms with van der Waals surface area (Å²) < 4.78 is 43.1. The Labute approximate surface area is 244 Å². The average molecular weight is 583 g/mol. The van der Waals surface area contributed by atoms with E-state index in [1.807, 2.05) is 0 Å². The number of nitrogens with zero attached hydrogens (tertiary/aromatic N) is 2. The molecule has 1 saturated heterocycles. The lowest BCUT2D eigenvalue weighted by Gasteiger charge is -2.35. The summed E-state index contributed by atoms with van der Waals surface area (Å²) in [5.74, 6) is -0.345. The Morgan fingerprint density at radius 2 is 1.26 bits per heavy atom. The number of carbonyl (C=O) groups excluding carboxylic acids is 2. The van der Waals surface area contributed by atoms with Crippen LogP contribution in [0.15, 0.2) is 60.7 Å². The molecular weight excluding hydrogens is 546 g/mol. The van der Waals surface area contributed by atoms with E-state index in [1.165, 1.54) is 45.6 Å². The van der Waals surface area contributed by atoms with Crippen LogP contribution >= 0.6 is 0 Å². The van der Waals surface area contributed by atoms with Crippen molar-refractivity contribution in [3.63, 3.8) is 0 Å². The molecule has 1 heterocycles. The minimum atomic E-state index is -0.860. The molecule has 3 aromatic carbocycles. The van der Waals surface area contributed by atoms with Crippen molar-refractivity contribution in [1.82, 2.24) is 9.80 Å². The Kier molecular flexibility index (Phi) is 10.4. The van der Waals surface area contributed by atoms with Crippen LogP contribution in [0.4, 0.5) is 8.78 Å². The van der Waals surface area contributed by atoms with E-state index in [0.717, 1.165) is 0 Å². The summed E-state index contributed by atoms with van der Waals surface area (Å²) in [5, 5.41) is 11.1. The molecule has 3 aromatic rings. The molecule has 1 fully saturated rings. The maximum atomic E-state index is 13.5. The minimum absolute atomic E-state index is 0.0535. The molecule has 1 N–H and O–H groups in total. The van der Waals surface area contributed by atoms with Crippen molar-refractivity contribution in [2.75, 3.05) is 47.5 Å². The van der Waals surface area contributed by atoms with Gasteiger partial charge in [-0.2, -0.15) is 0 Å². The first-order valence-corrected chi connectivity index (χ1v) is 13.8. The molecule has 0 radical (unpaired) electrons. The van der Waals surface area contributed by atoms with Crippen LogP contribution in [0, 0.1) is 11.6 Å². The lowest BCUT2D eigenvalue weighted by atomic mass is 9.84. The van der Waals surface area contributed by atoms with Crippen molar-refractivity contribution in [2.24, 2.45) is 0 Å². The fourth-order valence-corrected chi connectivity index (χ4v) is 5.31. The van der Waals surface area contributed by atoms with Crippen LogP contribution in [0.3, 0.4) is 0 Å². The standard InChI is InChI=1S/C32H36F2N2O6/c1-40-27-19-23(20-28(41-2)31(27)42-3)32(39)36-17-15-35(16-18-36)29(38)6-4-5-26(37)30(21-7-11-24(33)12-8-21)22-9-13-25(34)14-10-22/h7-14,19-20,26,30,37H,4-6,15-18H2,1-3H3. The fourth-order valence-electron chi connectivity index (χ4n) is 5.31. The number of hydrogen-bond acceptors (Lipinski definition) is 6. The normalized spacial score (nSPS) is 14.1. The number of piperazine rings is 1. The number of rotatable bonds is 11. The molecule has 0 bridgehead atoms. The Hall–Kier alpha value is -4.18. The third-order valence-corrected chi connectivity index (χ3v) is 7.56. The smallest absolute Gasteiger partial charge is 0.254 e. The highest BCUT2D eigenvalue weighted by molar-refractivity contribution is 5.96. The van der Waals surface area contributed by atoms with E-state index in [2.05, 4.69) is 0 Å². The van der Waals surface area contributed by atoms with Gasteiger partial charge < -0.3 is 29.1 Å². The van der Waals surface area contributed by atoms with E-state index in [9.17, 15) is 23.5 Å². The Balaban J connectivity index is 1.32. The first-order valence-electron chi connectivity index (χ1n) is 13.8. The number of carbonyl (C=O) groups is 2. The van der Waals surface area contributed by atoms with Gasteiger partial charge in [-0.15, -0.1) is 0 Å². The van der Waals surface area contributed by atoms with Crippen molar-refractivity contribution in [1.29, 1.82) is 0 Å². The third-order valence-electron chi connectivity index (χ3n) is 7.56. The molecule has 1 aliphatic rings. The molecule has 1 aliphatic heterocycles. The van der Waals surface area contributed by atoms with E-state index in [-0.39, 0.29) is 29.9 Å². The van der Waals surface area contributed by atoms with Gasteiger partial charge in [0.2, 0.25) is 11.7 Å². The molecule has 0 aliphatic carbocycles. The van der Waals surface area contributed by atoms with Crippen LogP contribution in [0.2, 0.25) is 0 Å². The summed E-state index contributed by atoms with van der Waals surface area (Å²) in [6, 6.07) is 15.0. The predicted molar refractivity (Wildman–Crippen MR) is 153 cm³/mol. The molecule has 0 spiro atoms. The second-order valence-corrected chi connectivity index (χ2v) is 10.1. The monoisotopic (exact) mass is 582 g/mol. The van der Waals surface area contributed by atoms with E-state index in [4.69, 9.17) is 14.2 Å². The largest absolute Gasteiger partial charge is 0.493 e. The average Bonchev–Trinajstić information content (AvgIpc) is 3.01. The third kappa shape index (κ3) is 7.17. The Morgan fingerprint density at radius 3 is 1.71 bits per heavy atom. The van der Waals surface area contributed by atoms with Crippen LogP contribution in [-0.4, -0.2) is 80.3 Å². The van der Waals surface area contributed by atoms with Gasteiger partial charge in [0.1, 0.15) is 11.6 Å². The van der Waals surface area contributed by atoms with Gasteiger partial charge in [-0.05, 0) is 60.4 Å². The minimum Gasteiger partial charge on any atom is -0.493 e. The maximum Gasteiger partial charge on any atom is 0.254 e. The second kappa shape index (κ2) is 14.1. The molecule has 42 heavy (non-hydrogen) atoms. The Morgan fingerprint density at radius 1 is 0.786 bits per heavy atom. The lowest BCUT2D eigenvalue weighted by molar-refractivity contribution is -0.132. The summed E-state index contributed by atoms with van der Waals surface area (Å²) in [6.45, 7) is 1.54. The summed E-state index contributed by atoms with van der Waals surface area (Å²) >= 11 is 0. The highest BCUT2D eigenvalue weighted by Gasteiger charge is 2.28. The van der Waals surface area contributed by atoms with Crippen LogP contribution in [0.1, 0.15) is 46.7 Å². The highest BCUT2D eigenvalue weighted by Crippen LogP contribution is 2.38. The lowest BCUT2D eigenvalue weighted by Crippen LogP contribution is -2.50. The number of benzene rings is 3. The van der Waals surface area contributed by atoms with Gasteiger partial charge in [-0.1, -0.05) is 24.3 Å². The second-order valence-electron chi connectivity index (χ2n) is 10.1. The SMILES string of the molecule is COc1cc(C(=O)N2CCN(C(=O)CCCC(O)C(c3ccc(F)cc3)c3ccc(F)cc3)CC2)cc(OC)c1OC. The van der Waals surface area contributed by atoms with Gasteiger partial charge in [0.05, 0.1) is 27.4 Å². The quantitative estimate of drug-likeness (QED) is 0.355. The number of methoxy groups -OCH3 is 3. The van der Waals surface area contributed by atoms with E-state index in [0.29, 0.717) is 73.0 Å². The first kappa shape index (κ1) is 30.8. The molecular formula is C32H36F2N2O6. The van der Waals surface area contributed by atoms with Crippen LogP contribution in [0.5, 0.6) is 17.2 Å².